The predicted octanol–water partition coefficient (Wildman–Crippen LogP) is 2.09. The standard InChI is InChI=1S/C11H11ClF3NO2/c12-1-3-18-4-2-16-11(17)7-5-8(13)10(15)9(14)6-7/h5-6H,1-4H2,(H,16,17). The number of amides is 1. The van der Waals surface area contributed by atoms with Crippen molar-refractivity contribution in [3.8, 4) is 0 Å². The molecule has 0 aliphatic rings. The highest BCUT2D eigenvalue weighted by atomic mass is 35.5. The van der Waals surface area contributed by atoms with Gasteiger partial charge in [0.2, 0.25) is 0 Å². The van der Waals surface area contributed by atoms with Gasteiger partial charge in [-0.15, -0.1) is 11.6 Å². The third-order valence-electron chi connectivity index (χ3n) is 2.00. The van der Waals surface area contributed by atoms with Gasteiger partial charge in [-0.25, -0.2) is 13.2 Å². The van der Waals surface area contributed by atoms with Crippen LogP contribution < -0.4 is 5.32 Å². The summed E-state index contributed by atoms with van der Waals surface area (Å²) in [5.41, 5.74) is -0.288. The molecule has 3 nitrogen and oxygen atoms in total. The van der Waals surface area contributed by atoms with Crippen LogP contribution in [0.4, 0.5) is 13.2 Å². The summed E-state index contributed by atoms with van der Waals surface area (Å²) < 4.78 is 43.3. The van der Waals surface area contributed by atoms with E-state index in [0.717, 1.165) is 0 Å². The molecule has 1 aromatic carbocycles. The molecule has 0 aliphatic carbocycles. The summed E-state index contributed by atoms with van der Waals surface area (Å²) >= 11 is 5.36. The average molecular weight is 282 g/mol. The first-order valence-electron chi connectivity index (χ1n) is 5.12. The molecule has 0 unspecified atom stereocenters. The van der Waals surface area contributed by atoms with E-state index in [2.05, 4.69) is 5.32 Å². The van der Waals surface area contributed by atoms with Gasteiger partial charge < -0.3 is 10.1 Å². The van der Waals surface area contributed by atoms with Gasteiger partial charge in [0.25, 0.3) is 5.91 Å². The number of ether oxygens (including phenoxy) is 1. The molecule has 100 valence electrons. The highest BCUT2D eigenvalue weighted by Crippen LogP contribution is 2.13. The lowest BCUT2D eigenvalue weighted by atomic mass is 10.2. The van der Waals surface area contributed by atoms with Crippen LogP contribution in [-0.4, -0.2) is 31.5 Å². The Kier molecular flexibility index (Phi) is 5.94. The summed E-state index contributed by atoms with van der Waals surface area (Å²) in [6.45, 7) is 0.734. The smallest absolute Gasteiger partial charge is 0.251 e. The van der Waals surface area contributed by atoms with Crippen LogP contribution in [-0.2, 0) is 4.74 Å². The van der Waals surface area contributed by atoms with E-state index in [9.17, 15) is 18.0 Å². The van der Waals surface area contributed by atoms with Crippen LogP contribution in [0.5, 0.6) is 0 Å². The van der Waals surface area contributed by atoms with Crippen LogP contribution in [0.2, 0.25) is 0 Å². The molecule has 0 fully saturated rings. The van der Waals surface area contributed by atoms with Crippen molar-refractivity contribution in [2.45, 2.75) is 0 Å². The molecule has 0 spiro atoms. The number of carbonyl (C=O) groups excluding carboxylic acids is 1. The topological polar surface area (TPSA) is 38.3 Å². The number of alkyl halides is 1. The number of carbonyl (C=O) groups is 1. The Balaban J connectivity index is 2.52. The van der Waals surface area contributed by atoms with Crippen molar-refractivity contribution in [1.29, 1.82) is 0 Å². The number of hydrogen-bond donors (Lipinski definition) is 1. The minimum absolute atomic E-state index is 0.163. The van der Waals surface area contributed by atoms with Gasteiger partial charge in [0.15, 0.2) is 17.5 Å². The van der Waals surface area contributed by atoms with E-state index in [-0.39, 0.29) is 18.7 Å². The first-order chi connectivity index (χ1) is 8.56. The fraction of sp³-hybridized carbons (Fsp3) is 0.364. The predicted molar refractivity (Wildman–Crippen MR) is 60.2 cm³/mol. The molecule has 0 radical (unpaired) electrons. The first kappa shape index (κ1) is 14.8. The Morgan fingerprint density at radius 1 is 1.22 bits per heavy atom. The lowest BCUT2D eigenvalue weighted by Gasteiger charge is -2.06. The molecular formula is C11H11ClF3NO2. The fourth-order valence-electron chi connectivity index (χ4n) is 1.18. The molecule has 7 heteroatoms. The van der Waals surface area contributed by atoms with Gasteiger partial charge in [-0.1, -0.05) is 0 Å². The van der Waals surface area contributed by atoms with Gasteiger partial charge in [-0.05, 0) is 12.1 Å². The van der Waals surface area contributed by atoms with Gasteiger partial charge in [-0.3, -0.25) is 4.79 Å². The molecule has 0 bridgehead atoms. The highest BCUT2D eigenvalue weighted by molar-refractivity contribution is 6.17. The van der Waals surface area contributed by atoms with Crippen molar-refractivity contribution in [3.63, 3.8) is 0 Å². The zero-order valence-corrected chi connectivity index (χ0v) is 10.1. The largest absolute Gasteiger partial charge is 0.378 e. The van der Waals surface area contributed by atoms with Crippen LogP contribution in [0.3, 0.4) is 0 Å². The monoisotopic (exact) mass is 281 g/mol. The summed E-state index contributed by atoms with van der Waals surface area (Å²) in [4.78, 5) is 11.4. The van der Waals surface area contributed by atoms with E-state index in [4.69, 9.17) is 16.3 Å². The molecule has 1 rings (SSSR count). The first-order valence-corrected chi connectivity index (χ1v) is 5.66. The highest BCUT2D eigenvalue weighted by Gasteiger charge is 2.14. The molecule has 0 saturated carbocycles. The molecule has 1 N–H and O–H groups in total. The third kappa shape index (κ3) is 4.19. The second-order valence-corrected chi connectivity index (χ2v) is 3.69. The average Bonchev–Trinajstić information content (AvgIpc) is 2.34. The molecule has 18 heavy (non-hydrogen) atoms. The van der Waals surface area contributed by atoms with Gasteiger partial charge in [-0.2, -0.15) is 0 Å². The van der Waals surface area contributed by atoms with Gasteiger partial charge in [0.05, 0.1) is 13.2 Å². The Morgan fingerprint density at radius 2 is 1.83 bits per heavy atom. The van der Waals surface area contributed by atoms with Crippen LogP contribution in [0.1, 0.15) is 10.4 Å². The van der Waals surface area contributed by atoms with E-state index in [1.165, 1.54) is 0 Å². The Labute approximate surface area is 107 Å². The maximum absolute atomic E-state index is 12.9. The molecule has 1 aromatic rings. The molecule has 1 amide bonds. The number of hydrogen-bond acceptors (Lipinski definition) is 2. The molecule has 0 atom stereocenters. The minimum atomic E-state index is -1.60. The van der Waals surface area contributed by atoms with Gasteiger partial charge in [0.1, 0.15) is 0 Å². The van der Waals surface area contributed by atoms with Crippen LogP contribution in [0.25, 0.3) is 0 Å². The maximum Gasteiger partial charge on any atom is 0.251 e. The number of benzene rings is 1. The number of rotatable bonds is 6. The van der Waals surface area contributed by atoms with E-state index < -0.39 is 23.4 Å². The lowest BCUT2D eigenvalue weighted by molar-refractivity contribution is 0.0922. The zero-order chi connectivity index (χ0) is 13.5. The van der Waals surface area contributed by atoms with Crippen LogP contribution >= 0.6 is 11.6 Å². The second kappa shape index (κ2) is 7.23. The normalized spacial score (nSPS) is 10.4. The van der Waals surface area contributed by atoms with Crippen LogP contribution in [0, 0.1) is 17.5 Å². The summed E-state index contributed by atoms with van der Waals surface area (Å²) in [5, 5.41) is 2.37. The Bertz CT molecular complexity index is 406. The maximum atomic E-state index is 12.9. The Hall–Kier alpha value is -1.27. The van der Waals surface area contributed by atoms with E-state index in [1.807, 2.05) is 0 Å². The molecule has 0 aromatic heterocycles. The SMILES string of the molecule is O=C(NCCOCCCl)c1cc(F)c(F)c(F)c1. The van der Waals surface area contributed by atoms with Crippen molar-refractivity contribution in [2.75, 3.05) is 25.6 Å². The molecule has 0 saturated heterocycles. The molecule has 0 heterocycles. The molecule has 0 aliphatic heterocycles. The van der Waals surface area contributed by atoms with Gasteiger partial charge >= 0.3 is 0 Å². The quantitative estimate of drug-likeness (QED) is 0.493. The number of nitrogens with one attached hydrogen (secondary N) is 1. The summed E-state index contributed by atoms with van der Waals surface area (Å²) in [6.07, 6.45) is 0. The van der Waals surface area contributed by atoms with Crippen molar-refractivity contribution < 1.29 is 22.7 Å². The van der Waals surface area contributed by atoms with Crippen molar-refractivity contribution in [2.24, 2.45) is 0 Å². The molecular weight excluding hydrogens is 271 g/mol. The van der Waals surface area contributed by atoms with Crippen molar-refractivity contribution in [1.82, 2.24) is 5.32 Å². The van der Waals surface area contributed by atoms with E-state index in [0.29, 0.717) is 24.6 Å². The minimum Gasteiger partial charge on any atom is -0.378 e. The van der Waals surface area contributed by atoms with E-state index in [1.54, 1.807) is 0 Å². The fourth-order valence-corrected chi connectivity index (χ4v) is 1.29. The van der Waals surface area contributed by atoms with Crippen LogP contribution in [0.15, 0.2) is 12.1 Å². The Morgan fingerprint density at radius 3 is 2.39 bits per heavy atom. The summed E-state index contributed by atoms with van der Waals surface area (Å²) in [5.74, 6) is -4.78. The van der Waals surface area contributed by atoms with Crippen molar-refractivity contribution >= 4 is 17.5 Å². The zero-order valence-electron chi connectivity index (χ0n) is 9.31. The third-order valence-corrected chi connectivity index (χ3v) is 2.15. The second-order valence-electron chi connectivity index (χ2n) is 3.31. The summed E-state index contributed by atoms with van der Waals surface area (Å²) in [6, 6.07) is 1.26. The van der Waals surface area contributed by atoms with E-state index >= 15 is 0 Å². The summed E-state index contributed by atoms with van der Waals surface area (Å²) in [7, 11) is 0. The van der Waals surface area contributed by atoms with Gasteiger partial charge in [0, 0.05) is 18.0 Å². The lowest BCUT2D eigenvalue weighted by Crippen LogP contribution is -2.27. The van der Waals surface area contributed by atoms with Crippen molar-refractivity contribution in [3.05, 3.63) is 35.1 Å². The number of halogens is 4.